The molecular formula is C16H20N4O. The monoisotopic (exact) mass is 284 g/mol. The zero-order valence-corrected chi connectivity index (χ0v) is 12.0. The van der Waals surface area contributed by atoms with Crippen LogP contribution in [0.4, 0.5) is 5.82 Å². The van der Waals surface area contributed by atoms with Crippen LogP contribution in [0.3, 0.4) is 0 Å². The fraction of sp³-hybridized carbons (Fsp3) is 0.375. The Balaban J connectivity index is 1.56. The van der Waals surface area contributed by atoms with Gasteiger partial charge in [0.05, 0.1) is 31.3 Å². The van der Waals surface area contributed by atoms with Crippen molar-refractivity contribution in [1.29, 1.82) is 0 Å². The number of ether oxygens (including phenoxy) is 1. The molecular weight excluding hydrogens is 264 g/mol. The smallest absolute Gasteiger partial charge is 0.145 e. The summed E-state index contributed by atoms with van der Waals surface area (Å²) in [6.45, 7) is 5.56. The van der Waals surface area contributed by atoms with E-state index in [1.54, 1.807) is 12.4 Å². The highest BCUT2D eigenvalue weighted by molar-refractivity contribution is 5.59. The predicted octanol–water partition coefficient (Wildman–Crippen LogP) is 1.89. The lowest BCUT2D eigenvalue weighted by atomic mass is 10.2. The number of hydrogen-bond donors (Lipinski definition) is 1. The van der Waals surface area contributed by atoms with E-state index in [-0.39, 0.29) is 0 Å². The van der Waals surface area contributed by atoms with E-state index in [1.165, 1.54) is 0 Å². The van der Waals surface area contributed by atoms with Crippen molar-refractivity contribution in [1.82, 2.24) is 14.9 Å². The van der Waals surface area contributed by atoms with Crippen molar-refractivity contribution >= 4 is 5.82 Å². The molecule has 0 unspecified atom stereocenters. The van der Waals surface area contributed by atoms with E-state index in [9.17, 15) is 0 Å². The molecule has 110 valence electrons. The van der Waals surface area contributed by atoms with Gasteiger partial charge in [-0.1, -0.05) is 30.3 Å². The summed E-state index contributed by atoms with van der Waals surface area (Å²) in [4.78, 5) is 11.3. The first-order valence-electron chi connectivity index (χ1n) is 7.33. The Labute approximate surface area is 125 Å². The van der Waals surface area contributed by atoms with E-state index in [2.05, 4.69) is 20.2 Å². The highest BCUT2D eigenvalue weighted by Gasteiger charge is 2.09. The molecule has 1 saturated heterocycles. The average molecular weight is 284 g/mol. The van der Waals surface area contributed by atoms with Crippen LogP contribution in [0.15, 0.2) is 42.7 Å². The van der Waals surface area contributed by atoms with Gasteiger partial charge in [0.15, 0.2) is 0 Å². The molecule has 1 fully saturated rings. The van der Waals surface area contributed by atoms with E-state index in [4.69, 9.17) is 4.74 Å². The van der Waals surface area contributed by atoms with Gasteiger partial charge >= 0.3 is 0 Å². The fourth-order valence-electron chi connectivity index (χ4n) is 2.37. The maximum absolute atomic E-state index is 5.34. The van der Waals surface area contributed by atoms with Crippen LogP contribution in [-0.4, -0.2) is 54.3 Å². The molecule has 0 spiro atoms. The van der Waals surface area contributed by atoms with Gasteiger partial charge in [-0.25, -0.2) is 4.98 Å². The summed E-state index contributed by atoms with van der Waals surface area (Å²) >= 11 is 0. The third-order valence-corrected chi connectivity index (χ3v) is 3.54. The fourth-order valence-corrected chi connectivity index (χ4v) is 2.37. The maximum atomic E-state index is 5.34. The summed E-state index contributed by atoms with van der Waals surface area (Å²) in [5.74, 6) is 0.824. The number of hydrogen-bond acceptors (Lipinski definition) is 5. The van der Waals surface area contributed by atoms with Crippen molar-refractivity contribution in [3.63, 3.8) is 0 Å². The van der Waals surface area contributed by atoms with Crippen LogP contribution in [0, 0.1) is 0 Å². The van der Waals surface area contributed by atoms with Gasteiger partial charge in [0.2, 0.25) is 0 Å². The Morgan fingerprint density at radius 2 is 1.90 bits per heavy atom. The van der Waals surface area contributed by atoms with Crippen molar-refractivity contribution in [3.8, 4) is 11.3 Å². The lowest BCUT2D eigenvalue weighted by molar-refractivity contribution is 0.0398. The van der Waals surface area contributed by atoms with Gasteiger partial charge in [0.1, 0.15) is 5.82 Å². The molecule has 2 heterocycles. The van der Waals surface area contributed by atoms with Crippen LogP contribution >= 0.6 is 0 Å². The van der Waals surface area contributed by atoms with Gasteiger partial charge in [-0.3, -0.25) is 9.88 Å². The number of nitrogens with zero attached hydrogens (tertiary/aromatic N) is 3. The molecule has 21 heavy (non-hydrogen) atoms. The minimum Gasteiger partial charge on any atom is -0.379 e. The Bertz CT molecular complexity index is 555. The number of aromatic nitrogens is 2. The third kappa shape index (κ3) is 4.00. The molecule has 1 aliphatic heterocycles. The third-order valence-electron chi connectivity index (χ3n) is 3.54. The summed E-state index contributed by atoms with van der Waals surface area (Å²) in [6, 6.07) is 10.1. The predicted molar refractivity (Wildman–Crippen MR) is 83.2 cm³/mol. The second-order valence-corrected chi connectivity index (χ2v) is 5.04. The highest BCUT2D eigenvalue weighted by atomic mass is 16.5. The Hall–Kier alpha value is -1.98. The van der Waals surface area contributed by atoms with Crippen LogP contribution < -0.4 is 5.32 Å². The van der Waals surface area contributed by atoms with Crippen molar-refractivity contribution in [2.75, 3.05) is 44.7 Å². The standard InChI is InChI=1S/C16H20N4O/c1-2-4-14(5-3-1)15-12-17-13-16(19-15)18-6-7-20-8-10-21-11-9-20/h1-5,12-13H,6-11H2,(H,18,19). The summed E-state index contributed by atoms with van der Waals surface area (Å²) in [7, 11) is 0. The number of nitrogens with one attached hydrogen (secondary N) is 1. The normalized spacial score (nSPS) is 15.8. The molecule has 0 atom stereocenters. The van der Waals surface area contributed by atoms with Crippen molar-refractivity contribution in [2.24, 2.45) is 0 Å². The summed E-state index contributed by atoms with van der Waals surface area (Å²) in [5, 5.41) is 3.35. The van der Waals surface area contributed by atoms with Gasteiger partial charge in [0, 0.05) is 31.7 Å². The number of rotatable bonds is 5. The molecule has 1 aliphatic rings. The lowest BCUT2D eigenvalue weighted by Crippen LogP contribution is -2.39. The first-order valence-corrected chi connectivity index (χ1v) is 7.33. The Morgan fingerprint density at radius 3 is 2.71 bits per heavy atom. The van der Waals surface area contributed by atoms with E-state index in [1.807, 2.05) is 30.3 Å². The van der Waals surface area contributed by atoms with Crippen molar-refractivity contribution in [2.45, 2.75) is 0 Å². The van der Waals surface area contributed by atoms with E-state index < -0.39 is 0 Å². The molecule has 1 aromatic heterocycles. The van der Waals surface area contributed by atoms with Crippen molar-refractivity contribution in [3.05, 3.63) is 42.7 Å². The second kappa shape index (κ2) is 7.15. The second-order valence-electron chi connectivity index (χ2n) is 5.04. The van der Waals surface area contributed by atoms with Gasteiger partial charge in [-0.15, -0.1) is 0 Å². The average Bonchev–Trinajstić information content (AvgIpc) is 2.57. The molecule has 2 aromatic rings. The first kappa shape index (κ1) is 14.0. The number of morpholine rings is 1. The molecule has 5 heteroatoms. The molecule has 3 rings (SSSR count). The first-order chi connectivity index (χ1) is 10.4. The topological polar surface area (TPSA) is 50.3 Å². The molecule has 0 aliphatic carbocycles. The molecule has 0 amide bonds. The van der Waals surface area contributed by atoms with Gasteiger partial charge in [-0.05, 0) is 0 Å². The largest absolute Gasteiger partial charge is 0.379 e. The maximum Gasteiger partial charge on any atom is 0.145 e. The van der Waals surface area contributed by atoms with Crippen LogP contribution in [0.25, 0.3) is 11.3 Å². The molecule has 1 aromatic carbocycles. The Morgan fingerprint density at radius 1 is 1.10 bits per heavy atom. The van der Waals surface area contributed by atoms with Crippen LogP contribution in [0.1, 0.15) is 0 Å². The van der Waals surface area contributed by atoms with Gasteiger partial charge < -0.3 is 10.1 Å². The molecule has 0 saturated carbocycles. The van der Waals surface area contributed by atoms with Crippen LogP contribution in [-0.2, 0) is 4.74 Å². The van der Waals surface area contributed by atoms with Crippen LogP contribution in [0.5, 0.6) is 0 Å². The zero-order valence-electron chi connectivity index (χ0n) is 12.0. The highest BCUT2D eigenvalue weighted by Crippen LogP contribution is 2.16. The van der Waals surface area contributed by atoms with E-state index >= 15 is 0 Å². The van der Waals surface area contributed by atoms with E-state index in [0.717, 1.165) is 56.5 Å². The van der Waals surface area contributed by atoms with Gasteiger partial charge in [0.25, 0.3) is 0 Å². The lowest BCUT2D eigenvalue weighted by Gasteiger charge is -2.26. The van der Waals surface area contributed by atoms with Crippen molar-refractivity contribution < 1.29 is 4.74 Å². The summed E-state index contributed by atoms with van der Waals surface area (Å²) < 4.78 is 5.34. The van der Waals surface area contributed by atoms with Crippen LogP contribution in [0.2, 0.25) is 0 Å². The summed E-state index contributed by atoms with van der Waals surface area (Å²) in [5.41, 5.74) is 1.98. The quantitative estimate of drug-likeness (QED) is 0.908. The zero-order chi connectivity index (χ0) is 14.3. The molecule has 0 radical (unpaired) electrons. The summed E-state index contributed by atoms with van der Waals surface area (Å²) in [6.07, 6.45) is 3.56. The number of benzene rings is 1. The number of anilines is 1. The minimum atomic E-state index is 0.824. The molecule has 1 N–H and O–H groups in total. The van der Waals surface area contributed by atoms with Gasteiger partial charge in [-0.2, -0.15) is 0 Å². The Kier molecular flexibility index (Phi) is 4.76. The van der Waals surface area contributed by atoms with E-state index in [0.29, 0.717) is 0 Å². The molecule has 5 nitrogen and oxygen atoms in total. The minimum absolute atomic E-state index is 0.824. The SMILES string of the molecule is c1ccc(-c2cncc(NCCN3CCOCC3)n2)cc1. The molecule has 0 bridgehead atoms.